The number of halogens is 1. The second-order valence-corrected chi connectivity index (χ2v) is 5.84. The maximum atomic E-state index is 9.26. The summed E-state index contributed by atoms with van der Waals surface area (Å²) in [5, 5.41) is 16.9. The van der Waals surface area contributed by atoms with E-state index in [-0.39, 0.29) is 11.9 Å². The summed E-state index contributed by atoms with van der Waals surface area (Å²) >= 11 is 3.54. The van der Waals surface area contributed by atoms with E-state index in [0.717, 1.165) is 36.1 Å². The molecule has 21 heavy (non-hydrogen) atoms. The van der Waals surface area contributed by atoms with Gasteiger partial charge >= 0.3 is 6.01 Å². The van der Waals surface area contributed by atoms with Gasteiger partial charge in [0.1, 0.15) is 6.07 Å². The van der Waals surface area contributed by atoms with Crippen LogP contribution >= 0.6 is 15.9 Å². The van der Waals surface area contributed by atoms with Gasteiger partial charge in [0, 0.05) is 23.5 Å². The minimum atomic E-state index is 0.116. The van der Waals surface area contributed by atoms with E-state index in [0.29, 0.717) is 11.5 Å². The molecule has 1 aliphatic heterocycles. The number of benzene rings is 1. The summed E-state index contributed by atoms with van der Waals surface area (Å²) in [5.74, 6) is 0.846. The topological polar surface area (TPSA) is 92.0 Å². The van der Waals surface area contributed by atoms with Crippen molar-refractivity contribution < 1.29 is 4.42 Å². The lowest BCUT2D eigenvalue weighted by Crippen LogP contribution is -2.33. The molecule has 7 heteroatoms. The van der Waals surface area contributed by atoms with Crippen molar-refractivity contribution >= 4 is 27.6 Å². The molecule has 1 saturated heterocycles. The quantitative estimate of drug-likeness (QED) is 0.897. The molecule has 2 N–H and O–H groups in total. The van der Waals surface area contributed by atoms with Gasteiger partial charge in [0.15, 0.2) is 0 Å². The molecule has 1 aliphatic rings. The summed E-state index contributed by atoms with van der Waals surface area (Å²) in [6.07, 6.45) is 1.79. The molecule has 0 radical (unpaired) electrons. The Balaban J connectivity index is 1.76. The van der Waals surface area contributed by atoms with E-state index in [9.17, 15) is 5.26 Å². The SMILES string of the molecule is N#Cc1cccc(Br)c1N1CCC(c2nnc(N)o2)CC1. The van der Waals surface area contributed by atoms with E-state index in [2.05, 4.69) is 37.1 Å². The largest absolute Gasteiger partial charge is 0.408 e. The van der Waals surface area contributed by atoms with Crippen LogP contribution in [0.3, 0.4) is 0 Å². The minimum absolute atomic E-state index is 0.116. The van der Waals surface area contributed by atoms with Crippen LogP contribution in [0, 0.1) is 11.3 Å². The molecule has 1 aromatic carbocycles. The van der Waals surface area contributed by atoms with Crippen LogP contribution in [0.5, 0.6) is 0 Å². The lowest BCUT2D eigenvalue weighted by molar-refractivity contribution is 0.400. The first kappa shape index (κ1) is 13.9. The number of rotatable bonds is 2. The number of piperidine rings is 1. The van der Waals surface area contributed by atoms with Crippen molar-refractivity contribution in [2.75, 3.05) is 23.7 Å². The number of nitrogen functional groups attached to an aromatic ring is 1. The van der Waals surface area contributed by atoms with Crippen molar-refractivity contribution in [3.8, 4) is 6.07 Å². The van der Waals surface area contributed by atoms with Crippen molar-refractivity contribution in [1.29, 1.82) is 5.26 Å². The van der Waals surface area contributed by atoms with Crippen LogP contribution in [0.2, 0.25) is 0 Å². The van der Waals surface area contributed by atoms with Crippen LogP contribution < -0.4 is 10.6 Å². The highest BCUT2D eigenvalue weighted by Crippen LogP contribution is 2.35. The Morgan fingerprint density at radius 3 is 2.71 bits per heavy atom. The Kier molecular flexibility index (Phi) is 3.80. The lowest BCUT2D eigenvalue weighted by Gasteiger charge is -2.33. The second kappa shape index (κ2) is 5.74. The van der Waals surface area contributed by atoms with Gasteiger partial charge in [-0.05, 0) is 40.9 Å². The second-order valence-electron chi connectivity index (χ2n) is 4.99. The monoisotopic (exact) mass is 347 g/mol. The molecule has 0 bridgehead atoms. The molecule has 0 amide bonds. The van der Waals surface area contributed by atoms with E-state index in [1.54, 1.807) is 0 Å². The number of para-hydroxylation sites is 1. The highest BCUT2D eigenvalue weighted by atomic mass is 79.9. The van der Waals surface area contributed by atoms with Crippen LogP contribution in [-0.2, 0) is 0 Å². The van der Waals surface area contributed by atoms with E-state index in [4.69, 9.17) is 10.2 Å². The zero-order chi connectivity index (χ0) is 14.8. The number of nitriles is 1. The molecule has 6 nitrogen and oxygen atoms in total. The Hall–Kier alpha value is -2.07. The molecule has 0 atom stereocenters. The van der Waals surface area contributed by atoms with Crippen LogP contribution in [0.25, 0.3) is 0 Å². The van der Waals surface area contributed by atoms with Crippen molar-refractivity contribution in [3.63, 3.8) is 0 Å². The average Bonchev–Trinajstić information content (AvgIpc) is 2.94. The van der Waals surface area contributed by atoms with Crippen molar-refractivity contribution in [2.24, 2.45) is 0 Å². The first-order chi connectivity index (χ1) is 10.2. The summed E-state index contributed by atoms with van der Waals surface area (Å²) in [4.78, 5) is 2.22. The van der Waals surface area contributed by atoms with Crippen molar-refractivity contribution in [3.05, 3.63) is 34.1 Å². The van der Waals surface area contributed by atoms with Gasteiger partial charge in [0.25, 0.3) is 0 Å². The molecule has 0 aliphatic carbocycles. The molecular weight excluding hydrogens is 334 g/mol. The Morgan fingerprint density at radius 2 is 2.10 bits per heavy atom. The van der Waals surface area contributed by atoms with Gasteiger partial charge < -0.3 is 15.1 Å². The highest BCUT2D eigenvalue weighted by Gasteiger charge is 2.26. The molecule has 0 spiro atoms. The molecular formula is C14H14BrN5O. The Bertz CT molecular complexity index is 685. The van der Waals surface area contributed by atoms with E-state index in [1.165, 1.54) is 0 Å². The maximum absolute atomic E-state index is 9.26. The normalized spacial score (nSPS) is 15.9. The summed E-state index contributed by atoms with van der Waals surface area (Å²) in [7, 11) is 0. The lowest BCUT2D eigenvalue weighted by atomic mass is 9.96. The van der Waals surface area contributed by atoms with E-state index >= 15 is 0 Å². The fourth-order valence-electron chi connectivity index (χ4n) is 2.69. The molecule has 1 fully saturated rings. The first-order valence-corrected chi connectivity index (χ1v) is 7.50. The molecule has 0 saturated carbocycles. The number of anilines is 2. The van der Waals surface area contributed by atoms with E-state index < -0.39 is 0 Å². The third kappa shape index (κ3) is 2.72. The standard InChI is InChI=1S/C14H14BrN5O/c15-11-3-1-2-10(8-16)12(11)20-6-4-9(5-7-20)13-18-19-14(17)21-13/h1-3,9H,4-7H2,(H2,17,19). The Morgan fingerprint density at radius 1 is 1.33 bits per heavy atom. The number of hydrogen-bond donors (Lipinski definition) is 1. The number of nitrogens with two attached hydrogens (primary N) is 1. The molecule has 108 valence electrons. The van der Waals surface area contributed by atoms with Crippen LogP contribution in [-0.4, -0.2) is 23.3 Å². The Labute approximate surface area is 130 Å². The average molecular weight is 348 g/mol. The third-order valence-corrected chi connectivity index (χ3v) is 4.36. The number of hydrogen-bond acceptors (Lipinski definition) is 6. The third-order valence-electron chi connectivity index (χ3n) is 3.72. The van der Waals surface area contributed by atoms with Crippen LogP contribution in [0.15, 0.2) is 27.1 Å². The number of aromatic nitrogens is 2. The molecule has 1 aromatic heterocycles. The predicted octanol–water partition coefficient (Wildman–Crippen LogP) is 2.67. The summed E-state index contributed by atoms with van der Waals surface area (Å²) in [6.45, 7) is 1.68. The van der Waals surface area contributed by atoms with E-state index in [1.807, 2.05) is 18.2 Å². The summed E-state index contributed by atoms with van der Waals surface area (Å²) in [6, 6.07) is 8.04. The fraction of sp³-hybridized carbons (Fsp3) is 0.357. The molecule has 0 unspecified atom stereocenters. The maximum Gasteiger partial charge on any atom is 0.312 e. The van der Waals surface area contributed by atoms with Crippen molar-refractivity contribution in [2.45, 2.75) is 18.8 Å². The smallest absolute Gasteiger partial charge is 0.312 e. The predicted molar refractivity (Wildman–Crippen MR) is 81.8 cm³/mol. The fourth-order valence-corrected chi connectivity index (χ4v) is 3.31. The first-order valence-electron chi connectivity index (χ1n) is 6.71. The van der Waals surface area contributed by atoms with Gasteiger partial charge in [-0.15, -0.1) is 5.10 Å². The summed E-state index contributed by atoms with van der Waals surface area (Å²) < 4.78 is 6.25. The summed E-state index contributed by atoms with van der Waals surface area (Å²) in [5.41, 5.74) is 7.12. The van der Waals surface area contributed by atoms with Crippen LogP contribution in [0.4, 0.5) is 11.7 Å². The van der Waals surface area contributed by atoms with Gasteiger partial charge in [0.2, 0.25) is 5.89 Å². The van der Waals surface area contributed by atoms with Gasteiger partial charge in [-0.25, -0.2) is 0 Å². The number of nitrogens with zero attached hydrogens (tertiary/aromatic N) is 4. The molecule has 2 heterocycles. The van der Waals surface area contributed by atoms with Crippen molar-refractivity contribution in [1.82, 2.24) is 10.2 Å². The zero-order valence-electron chi connectivity index (χ0n) is 11.3. The van der Waals surface area contributed by atoms with Gasteiger partial charge in [-0.1, -0.05) is 11.2 Å². The van der Waals surface area contributed by atoms with Gasteiger partial charge in [-0.3, -0.25) is 0 Å². The van der Waals surface area contributed by atoms with Gasteiger partial charge in [-0.2, -0.15) is 5.26 Å². The highest BCUT2D eigenvalue weighted by molar-refractivity contribution is 9.10. The minimum Gasteiger partial charge on any atom is -0.408 e. The van der Waals surface area contributed by atoms with Crippen LogP contribution in [0.1, 0.15) is 30.2 Å². The molecule has 3 rings (SSSR count). The zero-order valence-corrected chi connectivity index (χ0v) is 12.9. The van der Waals surface area contributed by atoms with Gasteiger partial charge in [0.05, 0.1) is 11.3 Å². The molecule has 2 aromatic rings.